The van der Waals surface area contributed by atoms with Crippen molar-refractivity contribution in [2.45, 2.75) is 40.2 Å². The van der Waals surface area contributed by atoms with Crippen LogP contribution in [0.4, 0.5) is 22.4 Å². The van der Waals surface area contributed by atoms with Gasteiger partial charge >= 0.3 is 6.03 Å². The molecular weight excluding hydrogens is 444 g/mol. The third-order valence-corrected chi connectivity index (χ3v) is 6.03. The van der Waals surface area contributed by atoms with Crippen LogP contribution < -0.4 is 10.2 Å². The Hall–Kier alpha value is -4.21. The van der Waals surface area contributed by atoms with Gasteiger partial charge in [-0.3, -0.25) is 14.6 Å². The van der Waals surface area contributed by atoms with Crippen molar-refractivity contribution >= 4 is 40.9 Å². The third-order valence-electron chi connectivity index (χ3n) is 6.03. The van der Waals surface area contributed by atoms with Crippen LogP contribution in [0.2, 0.25) is 0 Å². The summed E-state index contributed by atoms with van der Waals surface area (Å²) in [6, 6.07) is 9.23. The number of nitrogens with one attached hydrogen (secondary N) is 2. The summed E-state index contributed by atoms with van der Waals surface area (Å²) in [7, 11) is 3.46. The predicted molar refractivity (Wildman–Crippen MR) is 136 cm³/mol. The molecule has 0 aliphatic heterocycles. The molecule has 10 heteroatoms. The number of anilines is 3. The Morgan fingerprint density at radius 2 is 2.03 bits per heavy atom. The third kappa shape index (κ3) is 4.86. The molecule has 35 heavy (non-hydrogen) atoms. The van der Waals surface area contributed by atoms with Crippen LogP contribution in [0.25, 0.3) is 10.9 Å². The van der Waals surface area contributed by atoms with E-state index in [9.17, 15) is 9.59 Å². The van der Waals surface area contributed by atoms with Crippen LogP contribution in [0, 0.1) is 13.8 Å². The van der Waals surface area contributed by atoms with Gasteiger partial charge in [-0.2, -0.15) is 4.98 Å². The number of amides is 3. The van der Waals surface area contributed by atoms with Gasteiger partial charge in [0.2, 0.25) is 12.4 Å². The molecule has 182 valence electrons. The Morgan fingerprint density at radius 3 is 2.74 bits per heavy atom. The van der Waals surface area contributed by atoms with Gasteiger partial charge in [-0.05, 0) is 44.0 Å². The van der Waals surface area contributed by atoms with Crippen LogP contribution in [0.3, 0.4) is 0 Å². The predicted octanol–water partition coefficient (Wildman–Crippen LogP) is 4.22. The van der Waals surface area contributed by atoms with Crippen molar-refractivity contribution in [1.29, 1.82) is 0 Å². The standard InChI is InChI=1S/C25H30N8O2/c1-6-8-21-26-12-11-22(28-21)29-24-30-23(17(3)31(24)4)32(5)25(35)33(15-34)14-18-13-19-16(2)9-7-10-20(19)27-18/h7,9-13,15,27H,6,8,14H2,1-5H3,(H,26,28,29,30). The second-order valence-corrected chi connectivity index (χ2v) is 8.54. The number of benzene rings is 1. The van der Waals surface area contributed by atoms with Crippen LogP contribution in [-0.4, -0.2) is 48.9 Å². The highest BCUT2D eigenvalue weighted by molar-refractivity contribution is 5.97. The van der Waals surface area contributed by atoms with Gasteiger partial charge in [0.15, 0.2) is 5.82 Å². The minimum atomic E-state index is -0.476. The first-order chi connectivity index (χ1) is 16.8. The fraction of sp³-hybridized carbons (Fsp3) is 0.320. The summed E-state index contributed by atoms with van der Waals surface area (Å²) < 4.78 is 1.84. The summed E-state index contributed by atoms with van der Waals surface area (Å²) in [5.74, 6) is 2.36. The zero-order valence-electron chi connectivity index (χ0n) is 20.7. The zero-order chi connectivity index (χ0) is 25.1. The Kier molecular flexibility index (Phi) is 6.81. The lowest BCUT2D eigenvalue weighted by Gasteiger charge is -2.22. The lowest BCUT2D eigenvalue weighted by Crippen LogP contribution is -2.40. The van der Waals surface area contributed by atoms with Gasteiger partial charge in [-0.15, -0.1) is 0 Å². The van der Waals surface area contributed by atoms with Crippen molar-refractivity contribution in [1.82, 2.24) is 29.4 Å². The lowest BCUT2D eigenvalue weighted by molar-refractivity contribution is -0.116. The first-order valence-electron chi connectivity index (χ1n) is 11.5. The van der Waals surface area contributed by atoms with Gasteiger partial charge in [-0.1, -0.05) is 19.1 Å². The largest absolute Gasteiger partial charge is 0.357 e. The van der Waals surface area contributed by atoms with Crippen molar-refractivity contribution in [3.8, 4) is 0 Å². The topological polar surface area (TPSA) is 112 Å². The number of aromatic amines is 1. The number of urea groups is 1. The maximum Gasteiger partial charge on any atom is 0.332 e. The molecular formula is C25H30N8O2. The number of aryl methyl sites for hydroxylation is 2. The van der Waals surface area contributed by atoms with Crippen molar-refractivity contribution < 1.29 is 9.59 Å². The number of fused-ring (bicyclic) bond motifs is 1. The summed E-state index contributed by atoms with van der Waals surface area (Å²) in [6.45, 7) is 6.09. The normalized spacial score (nSPS) is 11.0. The highest BCUT2D eigenvalue weighted by atomic mass is 16.2. The number of H-pyrrole nitrogens is 1. The van der Waals surface area contributed by atoms with Gasteiger partial charge in [0, 0.05) is 43.3 Å². The molecule has 0 aliphatic rings. The van der Waals surface area contributed by atoms with E-state index in [-0.39, 0.29) is 6.54 Å². The molecule has 2 N–H and O–H groups in total. The highest BCUT2D eigenvalue weighted by Crippen LogP contribution is 2.25. The fourth-order valence-electron chi connectivity index (χ4n) is 3.99. The van der Waals surface area contributed by atoms with Gasteiger partial charge in [-0.25, -0.2) is 14.8 Å². The van der Waals surface area contributed by atoms with Crippen molar-refractivity contribution in [2.75, 3.05) is 17.3 Å². The molecule has 3 aromatic heterocycles. The Bertz CT molecular complexity index is 1370. The number of imide groups is 1. The molecule has 0 bridgehead atoms. The number of aromatic nitrogens is 5. The monoisotopic (exact) mass is 474 g/mol. The van der Waals surface area contributed by atoms with Gasteiger partial charge in [0.1, 0.15) is 11.6 Å². The van der Waals surface area contributed by atoms with E-state index in [0.29, 0.717) is 24.0 Å². The highest BCUT2D eigenvalue weighted by Gasteiger charge is 2.25. The van der Waals surface area contributed by atoms with E-state index in [2.05, 4.69) is 32.2 Å². The molecule has 0 saturated heterocycles. The number of imidazole rings is 1. The molecule has 0 saturated carbocycles. The second kappa shape index (κ2) is 9.96. The fourth-order valence-corrected chi connectivity index (χ4v) is 3.99. The molecule has 0 radical (unpaired) electrons. The van der Waals surface area contributed by atoms with Gasteiger partial charge in [0.05, 0.1) is 12.2 Å². The molecule has 3 heterocycles. The zero-order valence-corrected chi connectivity index (χ0v) is 20.7. The Labute approximate surface area is 204 Å². The summed E-state index contributed by atoms with van der Waals surface area (Å²) in [5.41, 5.74) is 3.63. The average molecular weight is 475 g/mol. The first kappa shape index (κ1) is 23.9. The van der Waals surface area contributed by atoms with Crippen molar-refractivity contribution in [2.24, 2.45) is 7.05 Å². The number of rotatable bonds is 8. The molecule has 0 aliphatic carbocycles. The van der Waals surface area contributed by atoms with Gasteiger partial charge in [0.25, 0.3) is 0 Å². The van der Waals surface area contributed by atoms with E-state index in [1.165, 1.54) is 4.90 Å². The number of carbonyl (C=O) groups is 2. The lowest BCUT2D eigenvalue weighted by atomic mass is 10.1. The Balaban J connectivity index is 1.53. The molecule has 3 amide bonds. The van der Waals surface area contributed by atoms with Crippen LogP contribution in [0.15, 0.2) is 36.5 Å². The van der Waals surface area contributed by atoms with Crippen LogP contribution in [0.1, 0.15) is 36.1 Å². The maximum absolute atomic E-state index is 13.2. The van der Waals surface area contributed by atoms with E-state index in [4.69, 9.17) is 0 Å². The number of hydrogen-bond acceptors (Lipinski definition) is 6. The molecule has 0 spiro atoms. The van der Waals surface area contributed by atoms with Crippen molar-refractivity contribution in [3.05, 3.63) is 59.3 Å². The maximum atomic E-state index is 13.2. The molecule has 4 aromatic rings. The van der Waals surface area contributed by atoms with E-state index in [1.54, 1.807) is 19.3 Å². The molecule has 10 nitrogen and oxygen atoms in total. The van der Waals surface area contributed by atoms with E-state index in [1.807, 2.05) is 49.7 Å². The Morgan fingerprint density at radius 1 is 1.23 bits per heavy atom. The SMILES string of the molecule is CCCc1nccc(Nc2nc(N(C)C(=O)N(C=O)Cc3cc4c(C)cccc4[nH]3)c(C)n2C)n1. The number of carbonyl (C=O) groups excluding carboxylic acids is 2. The van der Waals surface area contributed by atoms with E-state index >= 15 is 0 Å². The van der Waals surface area contributed by atoms with Crippen LogP contribution in [0.5, 0.6) is 0 Å². The quantitative estimate of drug-likeness (QED) is 0.370. The van der Waals surface area contributed by atoms with Gasteiger partial charge < -0.3 is 14.9 Å². The molecule has 0 fully saturated rings. The number of hydrogen-bond donors (Lipinski definition) is 2. The van der Waals surface area contributed by atoms with E-state index in [0.717, 1.165) is 51.4 Å². The molecule has 0 unspecified atom stereocenters. The van der Waals surface area contributed by atoms with Crippen molar-refractivity contribution in [3.63, 3.8) is 0 Å². The molecule has 4 rings (SSSR count). The second-order valence-electron chi connectivity index (χ2n) is 8.54. The summed E-state index contributed by atoms with van der Waals surface area (Å²) in [5, 5.41) is 4.27. The van der Waals surface area contributed by atoms with Crippen LogP contribution >= 0.6 is 0 Å². The molecule has 0 atom stereocenters. The summed E-state index contributed by atoms with van der Waals surface area (Å²) in [4.78, 5) is 44.3. The first-order valence-corrected chi connectivity index (χ1v) is 11.5. The molecule has 1 aromatic carbocycles. The minimum Gasteiger partial charge on any atom is -0.357 e. The number of nitrogens with zero attached hydrogens (tertiary/aromatic N) is 6. The van der Waals surface area contributed by atoms with Crippen LogP contribution in [-0.2, 0) is 24.8 Å². The van der Waals surface area contributed by atoms with E-state index < -0.39 is 6.03 Å². The summed E-state index contributed by atoms with van der Waals surface area (Å²) >= 11 is 0. The average Bonchev–Trinajstić information content (AvgIpc) is 3.39. The minimum absolute atomic E-state index is 0.124. The smallest absolute Gasteiger partial charge is 0.332 e. The summed E-state index contributed by atoms with van der Waals surface area (Å²) in [6.07, 6.45) is 3.99.